The van der Waals surface area contributed by atoms with Crippen LogP contribution in [0.1, 0.15) is 96.3 Å². The number of halogens is 1. The molecular weight excluding hydrogens is 375 g/mol. The lowest BCUT2D eigenvalue weighted by Gasteiger charge is -2.03. The molecule has 0 saturated carbocycles. The Morgan fingerprint density at radius 3 is 1.33 bits per heavy atom. The van der Waals surface area contributed by atoms with Crippen molar-refractivity contribution in [1.29, 1.82) is 0 Å². The van der Waals surface area contributed by atoms with Gasteiger partial charge in [0.2, 0.25) is 0 Å². The van der Waals surface area contributed by atoms with Crippen molar-refractivity contribution in [3.05, 3.63) is 0 Å². The van der Waals surface area contributed by atoms with Gasteiger partial charge in [0.15, 0.2) is 0 Å². The second kappa shape index (κ2) is 18.2. The van der Waals surface area contributed by atoms with Gasteiger partial charge in [-0.15, -0.1) is 0 Å². The molecule has 0 aromatic rings. The molecule has 0 N–H and O–H groups in total. The molecule has 0 aromatic heterocycles. The van der Waals surface area contributed by atoms with Crippen molar-refractivity contribution < 1.29 is 9.53 Å². The van der Waals surface area contributed by atoms with Crippen molar-refractivity contribution in [2.24, 2.45) is 0 Å². The smallest absolute Gasteiger partial charge is 0.305 e. The molecular formula is C18H35IO2. The Hall–Kier alpha value is 0.200. The summed E-state index contributed by atoms with van der Waals surface area (Å²) in [5.41, 5.74) is 0. The van der Waals surface area contributed by atoms with E-state index in [0.717, 1.165) is 6.42 Å². The summed E-state index contributed by atoms with van der Waals surface area (Å²) in [6, 6.07) is 0. The zero-order chi connectivity index (χ0) is 15.6. The largest absolute Gasteiger partial charge is 0.469 e. The topological polar surface area (TPSA) is 26.3 Å². The van der Waals surface area contributed by atoms with Crippen molar-refractivity contribution in [3.8, 4) is 0 Å². The van der Waals surface area contributed by atoms with E-state index in [-0.39, 0.29) is 5.97 Å². The second-order valence-corrected chi connectivity index (χ2v) is 7.04. The minimum Gasteiger partial charge on any atom is -0.469 e. The van der Waals surface area contributed by atoms with Crippen LogP contribution in [0.4, 0.5) is 0 Å². The molecule has 0 aromatic carbocycles. The number of carbonyl (C=O) groups excluding carboxylic acids is 1. The van der Waals surface area contributed by atoms with Crippen LogP contribution in [0.2, 0.25) is 0 Å². The lowest BCUT2D eigenvalue weighted by atomic mass is 10.0. The van der Waals surface area contributed by atoms with Crippen molar-refractivity contribution in [2.45, 2.75) is 96.3 Å². The molecule has 126 valence electrons. The molecule has 0 radical (unpaired) electrons. The Morgan fingerprint density at radius 2 is 1.00 bits per heavy atom. The number of methoxy groups -OCH3 is 1. The highest BCUT2D eigenvalue weighted by Crippen LogP contribution is 2.13. The first kappa shape index (κ1) is 21.2. The molecule has 0 atom stereocenters. The quantitative estimate of drug-likeness (QED) is 0.127. The zero-order valence-corrected chi connectivity index (χ0v) is 16.2. The summed E-state index contributed by atoms with van der Waals surface area (Å²) in [5, 5.41) is 0. The maximum Gasteiger partial charge on any atom is 0.305 e. The van der Waals surface area contributed by atoms with Crippen LogP contribution in [-0.4, -0.2) is 17.5 Å². The number of unbranched alkanes of at least 4 members (excludes halogenated alkanes) is 13. The Morgan fingerprint density at radius 1 is 0.667 bits per heavy atom. The van der Waals surface area contributed by atoms with Crippen LogP contribution in [-0.2, 0) is 9.53 Å². The molecule has 0 spiro atoms. The first-order valence-corrected chi connectivity index (χ1v) is 10.5. The number of rotatable bonds is 16. The lowest BCUT2D eigenvalue weighted by Crippen LogP contribution is -1.99. The zero-order valence-electron chi connectivity index (χ0n) is 14.0. The van der Waals surface area contributed by atoms with Gasteiger partial charge in [0, 0.05) is 6.42 Å². The number of alkyl halides is 1. The van der Waals surface area contributed by atoms with E-state index in [0.29, 0.717) is 6.42 Å². The van der Waals surface area contributed by atoms with Crippen LogP contribution in [0.5, 0.6) is 0 Å². The van der Waals surface area contributed by atoms with E-state index < -0.39 is 0 Å². The number of ether oxygens (including phenoxy) is 1. The number of hydrogen-bond acceptors (Lipinski definition) is 2. The molecule has 2 nitrogen and oxygen atoms in total. The molecule has 0 bridgehead atoms. The Labute approximate surface area is 145 Å². The van der Waals surface area contributed by atoms with Gasteiger partial charge in [-0.25, -0.2) is 0 Å². The van der Waals surface area contributed by atoms with Crippen molar-refractivity contribution in [2.75, 3.05) is 11.5 Å². The van der Waals surface area contributed by atoms with E-state index in [1.165, 1.54) is 95.0 Å². The molecule has 0 amide bonds. The maximum atomic E-state index is 10.9. The van der Waals surface area contributed by atoms with Gasteiger partial charge in [-0.3, -0.25) is 4.79 Å². The molecule has 3 heteroatoms. The first-order valence-electron chi connectivity index (χ1n) is 8.94. The minimum atomic E-state index is -0.0655. The predicted molar refractivity (Wildman–Crippen MR) is 100 cm³/mol. The summed E-state index contributed by atoms with van der Waals surface area (Å²) in [7, 11) is 1.47. The molecule has 0 rings (SSSR count). The standard InChI is InChI=1S/C18H35IO2/c1-21-18(20)16-14-12-10-8-6-4-2-3-5-7-9-11-13-15-17-19/h2-17H2,1H3. The summed E-state index contributed by atoms with van der Waals surface area (Å²) in [5.74, 6) is -0.0655. The van der Waals surface area contributed by atoms with Crippen molar-refractivity contribution in [1.82, 2.24) is 0 Å². The highest BCUT2D eigenvalue weighted by Gasteiger charge is 1.99. The average molecular weight is 410 g/mol. The summed E-state index contributed by atoms with van der Waals surface area (Å²) in [6.45, 7) is 0. The average Bonchev–Trinajstić information content (AvgIpc) is 2.50. The Kier molecular flexibility index (Phi) is 18.4. The fourth-order valence-corrected chi connectivity index (χ4v) is 3.13. The highest BCUT2D eigenvalue weighted by molar-refractivity contribution is 14.1. The molecule has 0 fully saturated rings. The van der Waals surface area contributed by atoms with E-state index in [4.69, 9.17) is 0 Å². The summed E-state index contributed by atoms with van der Waals surface area (Å²) < 4.78 is 5.95. The van der Waals surface area contributed by atoms with Gasteiger partial charge < -0.3 is 4.74 Å². The molecule has 21 heavy (non-hydrogen) atoms. The molecule has 0 aliphatic heterocycles. The van der Waals surface area contributed by atoms with Gasteiger partial charge in [-0.1, -0.05) is 99.6 Å². The van der Waals surface area contributed by atoms with E-state index in [2.05, 4.69) is 27.3 Å². The molecule has 0 aliphatic carbocycles. The van der Waals surface area contributed by atoms with Gasteiger partial charge in [0.05, 0.1) is 7.11 Å². The summed E-state index contributed by atoms with van der Waals surface area (Å²) >= 11 is 2.47. The number of esters is 1. The molecule has 0 saturated heterocycles. The lowest BCUT2D eigenvalue weighted by molar-refractivity contribution is -0.140. The van der Waals surface area contributed by atoms with Gasteiger partial charge in [0.25, 0.3) is 0 Å². The van der Waals surface area contributed by atoms with E-state index in [1.54, 1.807) is 0 Å². The SMILES string of the molecule is COC(=O)CCCCCCCCCCCCCCCCI. The summed E-state index contributed by atoms with van der Waals surface area (Å²) in [4.78, 5) is 10.9. The van der Waals surface area contributed by atoms with E-state index >= 15 is 0 Å². The van der Waals surface area contributed by atoms with Gasteiger partial charge >= 0.3 is 5.97 Å². The van der Waals surface area contributed by atoms with E-state index in [9.17, 15) is 4.79 Å². The highest BCUT2D eigenvalue weighted by atomic mass is 127. The third-order valence-corrected chi connectivity index (χ3v) is 4.75. The monoisotopic (exact) mass is 410 g/mol. The Bertz CT molecular complexity index is 219. The van der Waals surface area contributed by atoms with Crippen LogP contribution < -0.4 is 0 Å². The van der Waals surface area contributed by atoms with Gasteiger partial charge in [-0.05, 0) is 17.3 Å². The third-order valence-electron chi connectivity index (χ3n) is 3.99. The van der Waals surface area contributed by atoms with Crippen LogP contribution in [0.15, 0.2) is 0 Å². The fraction of sp³-hybridized carbons (Fsp3) is 0.944. The van der Waals surface area contributed by atoms with Gasteiger partial charge in [-0.2, -0.15) is 0 Å². The van der Waals surface area contributed by atoms with Gasteiger partial charge in [0.1, 0.15) is 0 Å². The first-order chi connectivity index (χ1) is 10.3. The van der Waals surface area contributed by atoms with Crippen LogP contribution in [0.3, 0.4) is 0 Å². The van der Waals surface area contributed by atoms with Crippen LogP contribution in [0, 0.1) is 0 Å². The minimum absolute atomic E-state index is 0.0655. The summed E-state index contributed by atoms with van der Waals surface area (Å²) in [6.07, 6.45) is 19.5. The molecule has 0 heterocycles. The number of carbonyl (C=O) groups is 1. The van der Waals surface area contributed by atoms with Crippen LogP contribution in [0.25, 0.3) is 0 Å². The third kappa shape index (κ3) is 18.2. The van der Waals surface area contributed by atoms with E-state index in [1.807, 2.05) is 0 Å². The second-order valence-electron chi connectivity index (χ2n) is 5.96. The molecule has 0 aliphatic rings. The molecule has 0 unspecified atom stereocenters. The fourth-order valence-electron chi connectivity index (χ4n) is 2.59. The van der Waals surface area contributed by atoms with Crippen molar-refractivity contribution in [3.63, 3.8) is 0 Å². The number of hydrogen-bond donors (Lipinski definition) is 0. The van der Waals surface area contributed by atoms with Crippen LogP contribution >= 0.6 is 22.6 Å². The normalized spacial score (nSPS) is 10.8. The predicted octanol–water partition coefficient (Wildman–Crippen LogP) is 6.45. The maximum absolute atomic E-state index is 10.9. The van der Waals surface area contributed by atoms with Crippen molar-refractivity contribution >= 4 is 28.6 Å². The Balaban J connectivity index is 2.98.